The monoisotopic (exact) mass is 288 g/mol. The molecule has 0 radical (unpaired) electrons. The lowest BCUT2D eigenvalue weighted by Gasteiger charge is -2.18. The SMILES string of the molecule is CC(C)c1ccc(OCC2CCCO2)c(C(F)(F)F)c1. The van der Waals surface area contributed by atoms with E-state index in [2.05, 4.69) is 0 Å². The summed E-state index contributed by atoms with van der Waals surface area (Å²) in [7, 11) is 0. The molecule has 112 valence electrons. The van der Waals surface area contributed by atoms with Crippen molar-refractivity contribution in [1.82, 2.24) is 0 Å². The molecule has 1 aromatic rings. The summed E-state index contributed by atoms with van der Waals surface area (Å²) in [6.45, 7) is 4.56. The van der Waals surface area contributed by atoms with Gasteiger partial charge in [0, 0.05) is 6.61 Å². The molecule has 0 bridgehead atoms. The Balaban J connectivity index is 2.17. The van der Waals surface area contributed by atoms with Crippen LogP contribution in [0.4, 0.5) is 13.2 Å². The van der Waals surface area contributed by atoms with Crippen molar-refractivity contribution in [3.8, 4) is 5.75 Å². The summed E-state index contributed by atoms with van der Waals surface area (Å²) in [4.78, 5) is 0. The van der Waals surface area contributed by atoms with Crippen LogP contribution in [-0.4, -0.2) is 19.3 Å². The fraction of sp³-hybridized carbons (Fsp3) is 0.600. The number of halogens is 3. The summed E-state index contributed by atoms with van der Waals surface area (Å²) < 4.78 is 49.9. The van der Waals surface area contributed by atoms with E-state index < -0.39 is 11.7 Å². The van der Waals surface area contributed by atoms with E-state index in [0.29, 0.717) is 12.2 Å². The van der Waals surface area contributed by atoms with Crippen molar-refractivity contribution in [1.29, 1.82) is 0 Å². The van der Waals surface area contributed by atoms with Crippen LogP contribution in [0.25, 0.3) is 0 Å². The Bertz CT molecular complexity index is 449. The average Bonchev–Trinajstić information content (AvgIpc) is 2.88. The van der Waals surface area contributed by atoms with Gasteiger partial charge in [-0.1, -0.05) is 19.9 Å². The molecule has 0 aliphatic carbocycles. The molecule has 0 N–H and O–H groups in total. The first kappa shape index (κ1) is 15.2. The zero-order valence-electron chi connectivity index (χ0n) is 11.7. The summed E-state index contributed by atoms with van der Waals surface area (Å²) in [5, 5.41) is 0. The predicted octanol–water partition coefficient (Wildman–Crippen LogP) is 4.39. The molecule has 0 amide bonds. The van der Waals surface area contributed by atoms with Crippen LogP contribution in [0.2, 0.25) is 0 Å². The molecule has 0 aromatic heterocycles. The quantitative estimate of drug-likeness (QED) is 0.818. The van der Waals surface area contributed by atoms with Crippen LogP contribution in [-0.2, 0) is 10.9 Å². The fourth-order valence-electron chi connectivity index (χ4n) is 2.21. The van der Waals surface area contributed by atoms with Gasteiger partial charge in [0.2, 0.25) is 0 Å². The maximum Gasteiger partial charge on any atom is 0.419 e. The van der Waals surface area contributed by atoms with Gasteiger partial charge in [-0.3, -0.25) is 0 Å². The Morgan fingerprint density at radius 2 is 2.10 bits per heavy atom. The molecule has 1 aromatic carbocycles. The number of benzene rings is 1. The summed E-state index contributed by atoms with van der Waals surface area (Å²) in [5.74, 6) is -0.0688. The van der Waals surface area contributed by atoms with E-state index in [9.17, 15) is 13.2 Å². The van der Waals surface area contributed by atoms with Crippen molar-refractivity contribution in [3.63, 3.8) is 0 Å². The lowest BCUT2D eigenvalue weighted by molar-refractivity contribution is -0.139. The highest BCUT2D eigenvalue weighted by Crippen LogP contribution is 2.38. The summed E-state index contributed by atoms with van der Waals surface area (Å²) in [5.41, 5.74) is -0.0523. The van der Waals surface area contributed by atoms with Gasteiger partial charge in [-0.2, -0.15) is 13.2 Å². The van der Waals surface area contributed by atoms with Gasteiger partial charge in [-0.15, -0.1) is 0 Å². The number of alkyl halides is 3. The van der Waals surface area contributed by atoms with Crippen molar-refractivity contribution < 1.29 is 22.6 Å². The first-order valence-corrected chi connectivity index (χ1v) is 6.83. The minimum atomic E-state index is -4.41. The van der Waals surface area contributed by atoms with Gasteiger partial charge >= 0.3 is 6.18 Å². The van der Waals surface area contributed by atoms with Crippen LogP contribution in [0.1, 0.15) is 43.7 Å². The minimum Gasteiger partial charge on any atom is -0.490 e. The van der Waals surface area contributed by atoms with Crippen LogP contribution in [0, 0.1) is 0 Å². The van der Waals surface area contributed by atoms with Crippen LogP contribution in [0.5, 0.6) is 5.75 Å². The smallest absolute Gasteiger partial charge is 0.419 e. The topological polar surface area (TPSA) is 18.5 Å². The Labute approximate surface area is 116 Å². The van der Waals surface area contributed by atoms with E-state index >= 15 is 0 Å². The molecule has 0 saturated carbocycles. The van der Waals surface area contributed by atoms with Crippen LogP contribution >= 0.6 is 0 Å². The second kappa shape index (κ2) is 6.04. The molecular weight excluding hydrogens is 269 g/mol. The van der Waals surface area contributed by atoms with Crippen LogP contribution < -0.4 is 4.74 Å². The maximum atomic E-state index is 13.1. The van der Waals surface area contributed by atoms with Crippen molar-refractivity contribution in [2.75, 3.05) is 13.2 Å². The molecule has 0 spiro atoms. The van der Waals surface area contributed by atoms with Crippen molar-refractivity contribution in [2.45, 2.75) is 44.9 Å². The van der Waals surface area contributed by atoms with Gasteiger partial charge in [0.15, 0.2) is 0 Å². The molecular formula is C15H19F3O2. The van der Waals surface area contributed by atoms with E-state index in [1.165, 1.54) is 12.1 Å². The van der Waals surface area contributed by atoms with E-state index in [1.54, 1.807) is 6.07 Å². The molecule has 1 aliphatic rings. The first-order chi connectivity index (χ1) is 9.38. The first-order valence-electron chi connectivity index (χ1n) is 6.83. The van der Waals surface area contributed by atoms with Crippen molar-refractivity contribution >= 4 is 0 Å². The molecule has 2 nitrogen and oxygen atoms in total. The molecule has 2 rings (SSSR count). The van der Waals surface area contributed by atoms with E-state index in [0.717, 1.165) is 12.8 Å². The Morgan fingerprint density at radius 3 is 2.65 bits per heavy atom. The van der Waals surface area contributed by atoms with Gasteiger partial charge in [0.25, 0.3) is 0 Å². The molecule has 1 fully saturated rings. The number of hydrogen-bond acceptors (Lipinski definition) is 2. The third kappa shape index (κ3) is 3.66. The van der Waals surface area contributed by atoms with Crippen molar-refractivity contribution in [3.05, 3.63) is 29.3 Å². The van der Waals surface area contributed by atoms with Crippen molar-refractivity contribution in [2.24, 2.45) is 0 Å². The predicted molar refractivity (Wildman–Crippen MR) is 70.0 cm³/mol. The lowest BCUT2D eigenvalue weighted by atomic mass is 10.00. The summed E-state index contributed by atoms with van der Waals surface area (Å²) in [6, 6.07) is 4.27. The zero-order valence-corrected chi connectivity index (χ0v) is 11.7. The van der Waals surface area contributed by atoms with Gasteiger partial charge in [-0.25, -0.2) is 0 Å². The van der Waals surface area contributed by atoms with Gasteiger partial charge in [0.1, 0.15) is 12.4 Å². The normalized spacial score (nSPS) is 19.6. The third-order valence-corrected chi connectivity index (χ3v) is 3.42. The molecule has 5 heteroatoms. The largest absolute Gasteiger partial charge is 0.490 e. The molecule has 20 heavy (non-hydrogen) atoms. The Morgan fingerprint density at radius 1 is 1.35 bits per heavy atom. The average molecular weight is 288 g/mol. The number of ether oxygens (including phenoxy) is 2. The zero-order chi connectivity index (χ0) is 14.8. The van der Waals surface area contributed by atoms with Gasteiger partial charge < -0.3 is 9.47 Å². The molecule has 1 saturated heterocycles. The highest BCUT2D eigenvalue weighted by atomic mass is 19.4. The molecule has 1 aliphatic heterocycles. The van der Waals surface area contributed by atoms with E-state index in [-0.39, 0.29) is 24.4 Å². The summed E-state index contributed by atoms with van der Waals surface area (Å²) >= 11 is 0. The highest BCUT2D eigenvalue weighted by molar-refractivity contribution is 5.40. The molecule has 1 atom stereocenters. The Kier molecular flexibility index (Phi) is 4.58. The maximum absolute atomic E-state index is 13.1. The highest BCUT2D eigenvalue weighted by Gasteiger charge is 2.35. The van der Waals surface area contributed by atoms with Crippen LogP contribution in [0.3, 0.4) is 0 Å². The lowest BCUT2D eigenvalue weighted by Crippen LogP contribution is -2.18. The summed E-state index contributed by atoms with van der Waals surface area (Å²) in [6.07, 6.45) is -2.73. The molecule has 1 heterocycles. The number of rotatable bonds is 4. The second-order valence-electron chi connectivity index (χ2n) is 5.35. The standard InChI is InChI=1S/C15H19F3O2/c1-10(2)11-5-6-14(13(8-11)15(16,17)18)20-9-12-4-3-7-19-12/h5-6,8,10,12H,3-4,7,9H2,1-2H3. The fourth-order valence-corrected chi connectivity index (χ4v) is 2.21. The number of hydrogen-bond donors (Lipinski definition) is 0. The minimum absolute atomic E-state index is 0.0447. The molecule has 1 unspecified atom stereocenters. The Hall–Kier alpha value is -1.23. The second-order valence-corrected chi connectivity index (χ2v) is 5.35. The van der Waals surface area contributed by atoms with E-state index in [4.69, 9.17) is 9.47 Å². The van der Waals surface area contributed by atoms with Crippen LogP contribution in [0.15, 0.2) is 18.2 Å². The van der Waals surface area contributed by atoms with Gasteiger partial charge in [-0.05, 0) is 36.5 Å². The van der Waals surface area contributed by atoms with E-state index in [1.807, 2.05) is 13.8 Å². The third-order valence-electron chi connectivity index (χ3n) is 3.42. The van der Waals surface area contributed by atoms with Gasteiger partial charge in [0.05, 0.1) is 11.7 Å².